The highest BCUT2D eigenvalue weighted by Gasteiger charge is 2.12. The van der Waals surface area contributed by atoms with E-state index in [1.165, 1.54) is 23.5 Å². The van der Waals surface area contributed by atoms with Crippen LogP contribution < -0.4 is 5.01 Å². The highest BCUT2D eigenvalue weighted by molar-refractivity contribution is 6.31. The lowest BCUT2D eigenvalue weighted by atomic mass is 10.1. The number of aromatic nitrogens is 1. The summed E-state index contributed by atoms with van der Waals surface area (Å²) in [6.45, 7) is 5.43. The Balaban J connectivity index is 0.00000151. The van der Waals surface area contributed by atoms with Crippen LogP contribution in [0, 0.1) is 12.7 Å². The van der Waals surface area contributed by atoms with Crippen LogP contribution in [0.15, 0.2) is 29.5 Å². The molecule has 0 spiro atoms. The number of carbonyl (C=O) groups excluding carboxylic acids is 1. The Hall–Kier alpha value is -2.31. The summed E-state index contributed by atoms with van der Waals surface area (Å²) in [6, 6.07) is 4.50. The number of halogens is 2. The molecule has 0 aliphatic heterocycles. The summed E-state index contributed by atoms with van der Waals surface area (Å²) in [5.41, 5.74) is 1.40. The summed E-state index contributed by atoms with van der Waals surface area (Å²) in [7, 11) is 1.61. The van der Waals surface area contributed by atoms with Crippen molar-refractivity contribution in [3.05, 3.63) is 57.5 Å². The van der Waals surface area contributed by atoms with Gasteiger partial charge in [-0.15, -0.1) is 0 Å². The highest BCUT2D eigenvalue weighted by Crippen LogP contribution is 2.24. The van der Waals surface area contributed by atoms with E-state index < -0.39 is 5.82 Å². The molecule has 1 aromatic carbocycles. The first-order valence-corrected chi connectivity index (χ1v) is 8.13. The molecule has 0 saturated carbocycles. The summed E-state index contributed by atoms with van der Waals surface area (Å²) in [5.74, 6) is -0.224. The van der Waals surface area contributed by atoms with E-state index in [9.17, 15) is 14.3 Å². The molecule has 2 aromatic rings. The molecule has 0 unspecified atom stereocenters. The van der Waals surface area contributed by atoms with Gasteiger partial charge in [-0.25, -0.2) is 9.37 Å². The fourth-order valence-electron chi connectivity index (χ4n) is 2.10. The summed E-state index contributed by atoms with van der Waals surface area (Å²) >= 11 is 6.01. The quantitative estimate of drug-likeness (QED) is 0.494. The molecule has 0 saturated heterocycles. The molecule has 0 bridgehead atoms. The largest absolute Gasteiger partial charge is 0.391 e. The molecule has 0 atom stereocenters. The average molecular weight is 366 g/mol. The molecule has 1 N–H and O–H groups in total. The molecule has 2 rings (SSSR count). The molecule has 0 aliphatic carbocycles. The molecule has 0 fully saturated rings. The van der Waals surface area contributed by atoms with Gasteiger partial charge in [-0.05, 0) is 30.7 Å². The predicted octanol–water partition coefficient (Wildman–Crippen LogP) is 3.98. The second-order valence-corrected chi connectivity index (χ2v) is 5.30. The standard InChI is InChI=1S/C16H15ClFN3O2.C2H6/c1-10-5-11(12(8-22)15(18)6-10)7-20-21(2)16-13(9-23)14(17)3-4-19-16;1-2/h3-8,23H,9H2,1-2H3;1-2H3/b20-7-;. The van der Waals surface area contributed by atoms with Gasteiger partial charge < -0.3 is 5.11 Å². The summed E-state index contributed by atoms with van der Waals surface area (Å²) in [5, 5.41) is 15.3. The van der Waals surface area contributed by atoms with Crippen LogP contribution in [0.5, 0.6) is 0 Å². The molecule has 0 radical (unpaired) electrons. The molecular formula is C18H21ClFN3O2. The number of hydrogen-bond acceptors (Lipinski definition) is 5. The molecule has 5 nitrogen and oxygen atoms in total. The van der Waals surface area contributed by atoms with Gasteiger partial charge in [0.25, 0.3) is 0 Å². The number of aryl methyl sites for hydroxylation is 1. The normalized spacial score (nSPS) is 10.4. The van der Waals surface area contributed by atoms with Crippen LogP contribution in [0.25, 0.3) is 0 Å². The van der Waals surface area contributed by atoms with Crippen LogP contribution in [0.1, 0.15) is 40.9 Å². The van der Waals surface area contributed by atoms with Crippen LogP contribution in [0.2, 0.25) is 5.02 Å². The van der Waals surface area contributed by atoms with E-state index in [4.69, 9.17) is 11.6 Å². The van der Waals surface area contributed by atoms with Crippen LogP contribution in [-0.4, -0.2) is 29.6 Å². The van der Waals surface area contributed by atoms with Crippen molar-refractivity contribution in [3.8, 4) is 0 Å². The smallest absolute Gasteiger partial charge is 0.155 e. The van der Waals surface area contributed by atoms with Gasteiger partial charge in [0.05, 0.1) is 23.4 Å². The molecule has 1 heterocycles. The number of hydrazone groups is 1. The molecule has 0 aliphatic rings. The van der Waals surface area contributed by atoms with Gasteiger partial charge in [0.1, 0.15) is 5.82 Å². The maximum absolute atomic E-state index is 13.8. The SMILES string of the molecule is CC.Cc1cc(F)c(C=O)c(/C=N\N(C)c2nccc(Cl)c2CO)c1. The van der Waals surface area contributed by atoms with E-state index >= 15 is 0 Å². The van der Waals surface area contributed by atoms with E-state index in [-0.39, 0.29) is 12.2 Å². The van der Waals surface area contributed by atoms with Crippen LogP contribution in [0.4, 0.5) is 10.2 Å². The summed E-state index contributed by atoms with van der Waals surface area (Å²) < 4.78 is 13.8. The number of aliphatic hydroxyl groups excluding tert-OH is 1. The summed E-state index contributed by atoms with van der Waals surface area (Å²) in [6.07, 6.45) is 3.31. The van der Waals surface area contributed by atoms with Gasteiger partial charge in [-0.2, -0.15) is 5.10 Å². The predicted molar refractivity (Wildman–Crippen MR) is 99.0 cm³/mol. The number of rotatable bonds is 5. The van der Waals surface area contributed by atoms with Gasteiger partial charge in [-0.3, -0.25) is 9.80 Å². The Morgan fingerprint density at radius 2 is 2.08 bits per heavy atom. The van der Waals surface area contributed by atoms with Crippen molar-refractivity contribution in [3.63, 3.8) is 0 Å². The number of nitrogens with zero attached hydrogens (tertiary/aromatic N) is 3. The lowest BCUT2D eigenvalue weighted by Gasteiger charge is -2.16. The lowest BCUT2D eigenvalue weighted by Crippen LogP contribution is -2.14. The van der Waals surface area contributed by atoms with Crippen molar-refractivity contribution < 1.29 is 14.3 Å². The molecule has 25 heavy (non-hydrogen) atoms. The Morgan fingerprint density at radius 3 is 2.68 bits per heavy atom. The Labute approximate surface area is 151 Å². The number of aliphatic hydroxyl groups is 1. The maximum Gasteiger partial charge on any atom is 0.155 e. The van der Waals surface area contributed by atoms with Crippen LogP contribution in [-0.2, 0) is 6.61 Å². The van der Waals surface area contributed by atoms with Crippen molar-refractivity contribution in [2.45, 2.75) is 27.4 Å². The fourth-order valence-corrected chi connectivity index (χ4v) is 2.30. The maximum atomic E-state index is 13.8. The summed E-state index contributed by atoms with van der Waals surface area (Å²) in [4.78, 5) is 15.2. The lowest BCUT2D eigenvalue weighted by molar-refractivity contribution is 0.111. The third kappa shape index (κ3) is 5.08. The third-order valence-electron chi connectivity index (χ3n) is 3.23. The van der Waals surface area contributed by atoms with E-state index in [1.54, 1.807) is 26.1 Å². The van der Waals surface area contributed by atoms with E-state index in [1.807, 2.05) is 13.8 Å². The minimum Gasteiger partial charge on any atom is -0.391 e. The first kappa shape index (κ1) is 20.7. The van der Waals surface area contributed by atoms with Crippen molar-refractivity contribution in [2.75, 3.05) is 12.1 Å². The Bertz CT molecular complexity index is 766. The van der Waals surface area contributed by atoms with Crippen molar-refractivity contribution in [1.82, 2.24) is 4.98 Å². The Kier molecular flexibility index (Phi) is 8.18. The monoisotopic (exact) mass is 365 g/mol. The molecule has 7 heteroatoms. The topological polar surface area (TPSA) is 65.8 Å². The number of benzene rings is 1. The Morgan fingerprint density at radius 1 is 1.40 bits per heavy atom. The van der Waals surface area contributed by atoms with Gasteiger partial charge in [0.15, 0.2) is 12.1 Å². The molecule has 0 amide bonds. The van der Waals surface area contributed by atoms with Gasteiger partial charge >= 0.3 is 0 Å². The fraction of sp³-hybridized carbons (Fsp3) is 0.278. The van der Waals surface area contributed by atoms with Crippen LogP contribution >= 0.6 is 11.6 Å². The second kappa shape index (κ2) is 9.86. The van der Waals surface area contributed by atoms with Gasteiger partial charge in [0.2, 0.25) is 0 Å². The highest BCUT2D eigenvalue weighted by atomic mass is 35.5. The molecule has 134 valence electrons. The number of pyridine rings is 1. The van der Waals surface area contributed by atoms with Crippen molar-refractivity contribution in [2.24, 2.45) is 5.10 Å². The van der Waals surface area contributed by atoms with Crippen molar-refractivity contribution in [1.29, 1.82) is 0 Å². The van der Waals surface area contributed by atoms with Crippen LogP contribution in [0.3, 0.4) is 0 Å². The van der Waals surface area contributed by atoms with Crippen molar-refractivity contribution >= 4 is 29.9 Å². The van der Waals surface area contributed by atoms with E-state index in [0.29, 0.717) is 33.8 Å². The zero-order chi connectivity index (χ0) is 19.0. The average Bonchev–Trinajstić information content (AvgIpc) is 2.60. The van der Waals surface area contributed by atoms with E-state index in [2.05, 4.69) is 10.1 Å². The van der Waals surface area contributed by atoms with Gasteiger partial charge in [0, 0.05) is 24.4 Å². The number of hydrogen-bond donors (Lipinski definition) is 1. The number of carbonyl (C=O) groups is 1. The zero-order valence-electron chi connectivity index (χ0n) is 14.6. The number of aldehydes is 1. The first-order valence-electron chi connectivity index (χ1n) is 7.75. The zero-order valence-corrected chi connectivity index (χ0v) is 15.4. The first-order chi connectivity index (χ1) is 12.0. The molecule has 1 aromatic heterocycles. The third-order valence-corrected chi connectivity index (χ3v) is 3.59. The van der Waals surface area contributed by atoms with Gasteiger partial charge in [-0.1, -0.05) is 25.4 Å². The minimum absolute atomic E-state index is 0.0609. The molecular weight excluding hydrogens is 345 g/mol. The minimum atomic E-state index is -0.596. The number of anilines is 1. The van der Waals surface area contributed by atoms with E-state index in [0.717, 1.165) is 0 Å². The second-order valence-electron chi connectivity index (χ2n) is 4.89.